The van der Waals surface area contributed by atoms with Gasteiger partial charge in [-0.2, -0.15) is 0 Å². The molecule has 0 bridgehead atoms. The molecule has 1 atom stereocenters. The number of benzene rings is 1. The van der Waals surface area contributed by atoms with E-state index in [-0.39, 0.29) is 17.9 Å². The van der Waals surface area contributed by atoms with Gasteiger partial charge in [-0.3, -0.25) is 9.59 Å². The van der Waals surface area contributed by atoms with Gasteiger partial charge < -0.3 is 15.1 Å². The van der Waals surface area contributed by atoms with E-state index in [9.17, 15) is 9.59 Å². The van der Waals surface area contributed by atoms with Crippen LogP contribution in [0.15, 0.2) is 35.8 Å². The molecule has 6 nitrogen and oxygen atoms in total. The van der Waals surface area contributed by atoms with Crippen molar-refractivity contribution >= 4 is 28.8 Å². The third kappa shape index (κ3) is 4.28. The number of nitrogens with zero attached hydrogens (tertiary/aromatic N) is 3. The third-order valence-electron chi connectivity index (χ3n) is 4.53. The van der Waals surface area contributed by atoms with Gasteiger partial charge in [0, 0.05) is 49.9 Å². The second kappa shape index (κ2) is 8.42. The standard InChI is InChI=1S/C19H24N4O2S/c1-22(2)17(24)9-12-23(19(25)16-4-3-10-20-16)15-7-5-14(6-8-15)18-21-11-13-26-18/h5-8,11,13,16,20H,3-4,9-10,12H2,1-2H3/t16-/m0/s1. The summed E-state index contributed by atoms with van der Waals surface area (Å²) in [7, 11) is 3.46. The van der Waals surface area contributed by atoms with Gasteiger partial charge in [-0.25, -0.2) is 4.98 Å². The minimum Gasteiger partial charge on any atom is -0.349 e. The molecule has 0 radical (unpaired) electrons. The number of carbonyl (C=O) groups excluding carboxylic acids is 2. The van der Waals surface area contributed by atoms with Crippen LogP contribution in [0.25, 0.3) is 10.6 Å². The summed E-state index contributed by atoms with van der Waals surface area (Å²) < 4.78 is 0. The Balaban J connectivity index is 1.79. The Morgan fingerprint density at radius 1 is 1.27 bits per heavy atom. The van der Waals surface area contributed by atoms with Gasteiger partial charge in [0.05, 0.1) is 6.04 Å². The van der Waals surface area contributed by atoms with Crippen LogP contribution in [0.5, 0.6) is 0 Å². The minimum atomic E-state index is -0.164. The van der Waals surface area contributed by atoms with Gasteiger partial charge in [0.25, 0.3) is 0 Å². The van der Waals surface area contributed by atoms with Crippen LogP contribution in [0, 0.1) is 0 Å². The van der Waals surface area contributed by atoms with Crippen LogP contribution in [0.3, 0.4) is 0 Å². The molecule has 1 fully saturated rings. The van der Waals surface area contributed by atoms with E-state index < -0.39 is 0 Å². The minimum absolute atomic E-state index is 0.0154. The molecular weight excluding hydrogens is 348 g/mol. The van der Waals surface area contributed by atoms with Gasteiger partial charge in [-0.05, 0) is 43.7 Å². The molecule has 1 aromatic carbocycles. The Labute approximate surface area is 157 Å². The first-order valence-electron chi connectivity index (χ1n) is 8.81. The van der Waals surface area contributed by atoms with Crippen molar-refractivity contribution in [2.24, 2.45) is 0 Å². The van der Waals surface area contributed by atoms with E-state index in [2.05, 4.69) is 10.3 Å². The first kappa shape index (κ1) is 18.5. The van der Waals surface area contributed by atoms with Crippen molar-refractivity contribution in [3.8, 4) is 10.6 Å². The quantitative estimate of drug-likeness (QED) is 0.845. The predicted molar refractivity (Wildman–Crippen MR) is 104 cm³/mol. The summed E-state index contributed by atoms with van der Waals surface area (Å²) in [5, 5.41) is 6.15. The lowest BCUT2D eigenvalue weighted by Gasteiger charge is -2.26. The number of amides is 2. The summed E-state index contributed by atoms with van der Waals surface area (Å²) in [5.74, 6) is 0.0534. The van der Waals surface area contributed by atoms with Gasteiger partial charge in [-0.15, -0.1) is 11.3 Å². The smallest absolute Gasteiger partial charge is 0.244 e. The number of aromatic nitrogens is 1. The van der Waals surface area contributed by atoms with Crippen molar-refractivity contribution in [3.05, 3.63) is 35.8 Å². The lowest BCUT2D eigenvalue weighted by atomic mass is 10.1. The zero-order chi connectivity index (χ0) is 18.5. The van der Waals surface area contributed by atoms with E-state index in [1.807, 2.05) is 29.6 Å². The van der Waals surface area contributed by atoms with E-state index in [1.54, 1.807) is 41.4 Å². The van der Waals surface area contributed by atoms with Crippen LogP contribution in [0.4, 0.5) is 5.69 Å². The lowest BCUT2D eigenvalue weighted by molar-refractivity contribution is -0.128. The SMILES string of the molecule is CN(C)C(=O)CCN(C(=O)[C@@H]1CCCN1)c1ccc(-c2nccs2)cc1. The fourth-order valence-electron chi connectivity index (χ4n) is 3.03. The van der Waals surface area contributed by atoms with Gasteiger partial charge in [0.15, 0.2) is 0 Å². The summed E-state index contributed by atoms with van der Waals surface area (Å²) in [5.41, 5.74) is 1.84. The summed E-state index contributed by atoms with van der Waals surface area (Å²) in [6, 6.07) is 7.66. The average Bonchev–Trinajstić information content (AvgIpc) is 3.35. The van der Waals surface area contributed by atoms with Gasteiger partial charge >= 0.3 is 0 Å². The van der Waals surface area contributed by atoms with E-state index in [0.29, 0.717) is 13.0 Å². The molecule has 0 saturated carbocycles. The van der Waals surface area contributed by atoms with Crippen molar-refractivity contribution < 1.29 is 9.59 Å². The number of rotatable bonds is 6. The Morgan fingerprint density at radius 2 is 2.04 bits per heavy atom. The molecule has 3 rings (SSSR count). The first-order valence-corrected chi connectivity index (χ1v) is 9.69. The van der Waals surface area contributed by atoms with Crippen LogP contribution in [-0.2, 0) is 9.59 Å². The summed E-state index contributed by atoms with van der Waals surface area (Å²) in [6.07, 6.45) is 3.93. The maximum Gasteiger partial charge on any atom is 0.244 e. The van der Waals surface area contributed by atoms with Crippen LogP contribution in [-0.4, -0.2) is 54.9 Å². The lowest BCUT2D eigenvalue weighted by Crippen LogP contribution is -2.45. The number of anilines is 1. The normalized spacial score (nSPS) is 16.5. The van der Waals surface area contributed by atoms with Crippen molar-refractivity contribution in [3.63, 3.8) is 0 Å². The molecule has 0 spiro atoms. The van der Waals surface area contributed by atoms with Crippen LogP contribution in [0.1, 0.15) is 19.3 Å². The van der Waals surface area contributed by atoms with Crippen LogP contribution < -0.4 is 10.2 Å². The fourth-order valence-corrected chi connectivity index (χ4v) is 3.68. The van der Waals surface area contributed by atoms with Crippen molar-refractivity contribution in [2.75, 3.05) is 32.1 Å². The number of nitrogens with one attached hydrogen (secondary N) is 1. The Bertz CT molecular complexity index is 737. The Morgan fingerprint density at radius 3 is 2.62 bits per heavy atom. The molecule has 1 aliphatic rings. The van der Waals surface area contributed by atoms with Gasteiger partial charge in [-0.1, -0.05) is 0 Å². The predicted octanol–water partition coefficient (Wildman–Crippen LogP) is 2.37. The van der Waals surface area contributed by atoms with Crippen molar-refractivity contribution in [1.82, 2.24) is 15.2 Å². The topological polar surface area (TPSA) is 65.5 Å². The monoisotopic (exact) mass is 372 g/mol. The summed E-state index contributed by atoms with van der Waals surface area (Å²) in [4.78, 5) is 32.6. The largest absolute Gasteiger partial charge is 0.349 e. The molecule has 0 aliphatic carbocycles. The van der Waals surface area contributed by atoms with Crippen molar-refractivity contribution in [1.29, 1.82) is 0 Å². The molecule has 1 aliphatic heterocycles. The zero-order valence-electron chi connectivity index (χ0n) is 15.1. The maximum absolute atomic E-state index is 13.0. The molecule has 0 unspecified atom stereocenters. The van der Waals surface area contributed by atoms with E-state index in [0.717, 1.165) is 35.6 Å². The van der Waals surface area contributed by atoms with Gasteiger partial charge in [0.1, 0.15) is 5.01 Å². The molecule has 7 heteroatoms. The average molecular weight is 372 g/mol. The molecular formula is C19H24N4O2S. The van der Waals surface area contributed by atoms with E-state index >= 15 is 0 Å². The van der Waals surface area contributed by atoms with E-state index in [1.165, 1.54) is 0 Å². The maximum atomic E-state index is 13.0. The Kier molecular flexibility index (Phi) is 6.00. The molecule has 1 saturated heterocycles. The number of thiazole rings is 1. The number of hydrogen-bond acceptors (Lipinski definition) is 5. The van der Waals surface area contributed by atoms with Gasteiger partial charge in [0.2, 0.25) is 11.8 Å². The highest BCUT2D eigenvalue weighted by Crippen LogP contribution is 2.26. The van der Waals surface area contributed by atoms with E-state index in [4.69, 9.17) is 0 Å². The number of carbonyl (C=O) groups is 2. The molecule has 26 heavy (non-hydrogen) atoms. The van der Waals surface area contributed by atoms with Crippen LogP contribution >= 0.6 is 11.3 Å². The summed E-state index contributed by atoms with van der Waals surface area (Å²) >= 11 is 1.58. The zero-order valence-corrected chi connectivity index (χ0v) is 16.0. The molecule has 2 amide bonds. The van der Waals surface area contributed by atoms with Crippen molar-refractivity contribution in [2.45, 2.75) is 25.3 Å². The highest BCUT2D eigenvalue weighted by atomic mass is 32.1. The highest BCUT2D eigenvalue weighted by molar-refractivity contribution is 7.13. The number of hydrogen-bond donors (Lipinski definition) is 1. The molecule has 1 aromatic heterocycles. The summed E-state index contributed by atoms with van der Waals surface area (Å²) in [6.45, 7) is 1.24. The Hall–Kier alpha value is -2.25. The van der Waals surface area contributed by atoms with Crippen LogP contribution in [0.2, 0.25) is 0 Å². The molecule has 1 N–H and O–H groups in total. The second-order valence-electron chi connectivity index (χ2n) is 6.56. The second-order valence-corrected chi connectivity index (χ2v) is 7.46. The fraction of sp³-hybridized carbons (Fsp3) is 0.421. The molecule has 138 valence electrons. The third-order valence-corrected chi connectivity index (χ3v) is 5.35. The first-order chi connectivity index (χ1) is 12.6. The molecule has 2 heterocycles. The molecule has 2 aromatic rings. The highest BCUT2D eigenvalue weighted by Gasteiger charge is 2.28.